The molecule has 1 aromatic rings. The van der Waals surface area contributed by atoms with E-state index in [0.717, 1.165) is 30.6 Å². The van der Waals surface area contributed by atoms with Crippen LogP contribution in [-0.2, 0) is 14.3 Å². The average Bonchev–Trinajstić information content (AvgIpc) is 3.27. The highest BCUT2D eigenvalue weighted by atomic mass is 35.5. The quantitative estimate of drug-likeness (QED) is 0.710. The fourth-order valence-electron chi connectivity index (χ4n) is 6.24. The van der Waals surface area contributed by atoms with Crippen LogP contribution in [0.3, 0.4) is 0 Å². The van der Waals surface area contributed by atoms with Crippen molar-refractivity contribution in [1.29, 1.82) is 0 Å². The molecule has 0 unspecified atom stereocenters. The number of carbonyl (C=O) groups excluding carboxylic acids is 2. The first-order chi connectivity index (χ1) is 15.7. The molecule has 0 bridgehead atoms. The monoisotopic (exact) mass is 475 g/mol. The molecule has 5 rings (SSSR count). The fourth-order valence-corrected chi connectivity index (χ4v) is 6.42. The van der Waals surface area contributed by atoms with Gasteiger partial charge in [-0.1, -0.05) is 11.6 Å². The molecule has 0 spiro atoms. The summed E-state index contributed by atoms with van der Waals surface area (Å²) in [6, 6.07) is 4.78. The summed E-state index contributed by atoms with van der Waals surface area (Å²) in [4.78, 5) is 29.6. The third kappa shape index (κ3) is 4.02. The molecule has 2 amide bonds. The number of ether oxygens (including phenoxy) is 2. The van der Waals surface area contributed by atoms with Crippen LogP contribution in [0.25, 0.3) is 0 Å². The van der Waals surface area contributed by atoms with Gasteiger partial charge in [-0.3, -0.25) is 9.59 Å². The molecular weight excluding hydrogens is 442 g/mol. The van der Waals surface area contributed by atoms with E-state index < -0.39 is 6.04 Å². The van der Waals surface area contributed by atoms with Gasteiger partial charge in [0.25, 0.3) is 0 Å². The third-order valence-electron chi connectivity index (χ3n) is 7.97. The second kappa shape index (κ2) is 8.43. The predicted octanol–water partition coefficient (Wildman–Crippen LogP) is 3.14. The lowest BCUT2D eigenvalue weighted by Gasteiger charge is -2.53. The Balaban J connectivity index is 1.32. The van der Waals surface area contributed by atoms with Gasteiger partial charge >= 0.3 is 0 Å². The number of carbonyl (C=O) groups is 2. The molecule has 2 N–H and O–H groups in total. The second-order valence-electron chi connectivity index (χ2n) is 10.6. The minimum absolute atomic E-state index is 0.0540. The SMILES string of the molecule is C[C@@H](N)C(=O)N1CCC[C@H]1C(=O)N1CC[C@@H]2O[C@@H]3c4cc(Cl)ccc4OC(C)(C)[C@H]3C[C@@H]2C1. The van der Waals surface area contributed by atoms with Crippen LogP contribution in [0.15, 0.2) is 18.2 Å². The first-order valence-electron chi connectivity index (χ1n) is 12.1. The molecule has 7 nitrogen and oxygen atoms in total. The normalized spacial score (nSPS) is 33.4. The van der Waals surface area contributed by atoms with Gasteiger partial charge in [0, 0.05) is 42.1 Å². The highest BCUT2D eigenvalue weighted by Crippen LogP contribution is 2.53. The maximum atomic E-state index is 13.4. The Bertz CT molecular complexity index is 952. The maximum absolute atomic E-state index is 13.4. The molecular formula is C25H34ClN3O4. The van der Waals surface area contributed by atoms with E-state index in [1.807, 2.05) is 23.1 Å². The van der Waals surface area contributed by atoms with Crippen LogP contribution >= 0.6 is 11.6 Å². The Morgan fingerprint density at radius 3 is 2.79 bits per heavy atom. The maximum Gasteiger partial charge on any atom is 0.245 e. The van der Waals surface area contributed by atoms with Crippen molar-refractivity contribution in [2.45, 2.75) is 76.3 Å². The third-order valence-corrected chi connectivity index (χ3v) is 8.21. The van der Waals surface area contributed by atoms with Crippen LogP contribution in [0.1, 0.15) is 58.1 Å². The molecule has 3 fully saturated rings. The van der Waals surface area contributed by atoms with Gasteiger partial charge in [-0.25, -0.2) is 0 Å². The molecule has 4 aliphatic rings. The van der Waals surface area contributed by atoms with Crippen molar-refractivity contribution in [3.63, 3.8) is 0 Å². The first-order valence-corrected chi connectivity index (χ1v) is 12.5. The van der Waals surface area contributed by atoms with E-state index in [9.17, 15) is 9.59 Å². The zero-order valence-electron chi connectivity index (χ0n) is 19.6. The van der Waals surface area contributed by atoms with Crippen LogP contribution in [0.4, 0.5) is 0 Å². The van der Waals surface area contributed by atoms with E-state index in [-0.39, 0.29) is 47.5 Å². The second-order valence-corrected chi connectivity index (χ2v) is 11.1. The van der Waals surface area contributed by atoms with Crippen molar-refractivity contribution in [2.75, 3.05) is 19.6 Å². The van der Waals surface area contributed by atoms with Crippen molar-refractivity contribution < 1.29 is 19.1 Å². The number of halogens is 1. The van der Waals surface area contributed by atoms with E-state index in [4.69, 9.17) is 26.8 Å². The minimum Gasteiger partial charge on any atom is -0.487 e. The summed E-state index contributed by atoms with van der Waals surface area (Å²) in [5.74, 6) is 1.17. The molecule has 4 aliphatic heterocycles. The van der Waals surface area contributed by atoms with Gasteiger partial charge in [0.15, 0.2) is 0 Å². The minimum atomic E-state index is -0.585. The number of benzene rings is 1. The van der Waals surface area contributed by atoms with Gasteiger partial charge in [0.2, 0.25) is 11.8 Å². The number of hydrogen-bond acceptors (Lipinski definition) is 5. The molecule has 0 radical (unpaired) electrons. The van der Waals surface area contributed by atoms with Crippen LogP contribution in [-0.4, -0.2) is 65.0 Å². The summed E-state index contributed by atoms with van der Waals surface area (Å²) in [5.41, 5.74) is 6.47. The molecule has 4 heterocycles. The molecule has 180 valence electrons. The zero-order chi connectivity index (χ0) is 23.5. The fraction of sp³-hybridized carbons (Fsp3) is 0.680. The van der Waals surface area contributed by atoms with Crippen LogP contribution in [0.5, 0.6) is 5.75 Å². The number of fused-ring (bicyclic) bond motifs is 4. The van der Waals surface area contributed by atoms with E-state index in [1.54, 1.807) is 11.8 Å². The first kappa shape index (κ1) is 22.9. The van der Waals surface area contributed by atoms with Crippen LogP contribution in [0.2, 0.25) is 5.02 Å². The highest BCUT2D eigenvalue weighted by molar-refractivity contribution is 6.30. The number of amides is 2. The Morgan fingerprint density at radius 1 is 1.24 bits per heavy atom. The molecule has 0 saturated carbocycles. The molecule has 8 heteroatoms. The summed E-state index contributed by atoms with van der Waals surface area (Å²) in [6.45, 7) is 7.83. The van der Waals surface area contributed by atoms with Gasteiger partial charge < -0.3 is 25.0 Å². The summed E-state index contributed by atoms with van der Waals surface area (Å²) >= 11 is 6.29. The summed E-state index contributed by atoms with van der Waals surface area (Å²) in [5, 5.41) is 0.685. The summed E-state index contributed by atoms with van der Waals surface area (Å²) in [6.07, 6.45) is 3.31. The lowest BCUT2D eigenvalue weighted by Crippen LogP contribution is -2.58. The lowest BCUT2D eigenvalue weighted by molar-refractivity contribution is -0.189. The van der Waals surface area contributed by atoms with Gasteiger partial charge in [-0.15, -0.1) is 0 Å². The van der Waals surface area contributed by atoms with Crippen molar-refractivity contribution in [2.24, 2.45) is 17.6 Å². The predicted molar refractivity (Wildman–Crippen MR) is 125 cm³/mol. The molecule has 6 atom stereocenters. The largest absolute Gasteiger partial charge is 0.487 e. The van der Waals surface area contributed by atoms with Crippen molar-refractivity contribution in [3.8, 4) is 5.75 Å². The highest BCUT2D eigenvalue weighted by Gasteiger charge is 2.52. The van der Waals surface area contributed by atoms with Gasteiger partial charge in [-0.05, 0) is 64.7 Å². The number of hydrogen-bond donors (Lipinski definition) is 1. The van der Waals surface area contributed by atoms with Crippen LogP contribution in [0, 0.1) is 11.8 Å². The molecule has 0 aromatic heterocycles. The Labute approximate surface area is 200 Å². The molecule has 3 saturated heterocycles. The van der Waals surface area contributed by atoms with Gasteiger partial charge in [-0.2, -0.15) is 0 Å². The number of rotatable bonds is 2. The summed E-state index contributed by atoms with van der Waals surface area (Å²) < 4.78 is 13.1. The molecule has 1 aromatic carbocycles. The van der Waals surface area contributed by atoms with Crippen LogP contribution < -0.4 is 10.5 Å². The summed E-state index contributed by atoms with van der Waals surface area (Å²) in [7, 11) is 0. The standard InChI is InChI=1S/C25H34ClN3O4/c1-14(27)23(30)29-9-4-5-19(29)24(31)28-10-8-20-15(13-28)11-18-22(32-20)17-12-16(26)6-7-21(17)33-25(18,2)3/h6-7,12,14-15,18-20,22H,4-5,8-11,13,27H2,1-3H3/t14-,15-,18+,19+,20+,22-/m1/s1. The van der Waals surface area contributed by atoms with Crippen molar-refractivity contribution in [1.82, 2.24) is 9.80 Å². The zero-order valence-corrected chi connectivity index (χ0v) is 20.4. The smallest absolute Gasteiger partial charge is 0.245 e. The Kier molecular flexibility index (Phi) is 5.86. The van der Waals surface area contributed by atoms with E-state index in [1.165, 1.54) is 0 Å². The number of likely N-dealkylation sites (tertiary alicyclic amines) is 2. The van der Waals surface area contributed by atoms with E-state index in [2.05, 4.69) is 13.8 Å². The van der Waals surface area contributed by atoms with Crippen molar-refractivity contribution >= 4 is 23.4 Å². The van der Waals surface area contributed by atoms with Gasteiger partial charge in [0.1, 0.15) is 17.4 Å². The topological polar surface area (TPSA) is 85.1 Å². The molecule has 33 heavy (non-hydrogen) atoms. The van der Waals surface area contributed by atoms with Crippen molar-refractivity contribution in [3.05, 3.63) is 28.8 Å². The lowest BCUT2D eigenvalue weighted by atomic mass is 9.70. The van der Waals surface area contributed by atoms with E-state index in [0.29, 0.717) is 31.1 Å². The average molecular weight is 476 g/mol. The number of piperidine rings is 1. The van der Waals surface area contributed by atoms with Gasteiger partial charge in [0.05, 0.1) is 18.2 Å². The number of nitrogens with two attached hydrogens (primary N) is 1. The van der Waals surface area contributed by atoms with E-state index >= 15 is 0 Å². The number of nitrogens with zero attached hydrogens (tertiary/aromatic N) is 2. The molecule has 0 aliphatic carbocycles. The Hall–Kier alpha value is -1.83. The Morgan fingerprint density at radius 2 is 2.03 bits per heavy atom.